The highest BCUT2D eigenvalue weighted by Gasteiger charge is 2.16. The van der Waals surface area contributed by atoms with E-state index < -0.39 is 0 Å². The predicted octanol–water partition coefficient (Wildman–Crippen LogP) is 3.44. The van der Waals surface area contributed by atoms with E-state index in [0.29, 0.717) is 6.61 Å². The van der Waals surface area contributed by atoms with Crippen molar-refractivity contribution in [1.29, 1.82) is 0 Å². The van der Waals surface area contributed by atoms with Crippen molar-refractivity contribution >= 4 is 5.91 Å². The van der Waals surface area contributed by atoms with Crippen molar-refractivity contribution in [2.75, 3.05) is 32.9 Å². The van der Waals surface area contributed by atoms with Crippen LogP contribution in [0.4, 0.5) is 0 Å². The highest BCUT2D eigenvalue weighted by Crippen LogP contribution is 2.29. The fourth-order valence-electron chi connectivity index (χ4n) is 3.55. The summed E-state index contributed by atoms with van der Waals surface area (Å²) in [7, 11) is 0. The second-order valence-corrected chi connectivity index (χ2v) is 8.65. The van der Waals surface area contributed by atoms with Gasteiger partial charge in [-0.05, 0) is 57.0 Å². The van der Waals surface area contributed by atoms with Gasteiger partial charge in [0.25, 0.3) is 0 Å². The molecule has 3 rings (SSSR count). The number of hydrogen-bond acceptors (Lipinski definition) is 5. The quantitative estimate of drug-likeness (QED) is 0.756. The number of rotatable bonds is 7. The third-order valence-electron chi connectivity index (χ3n) is 4.88. The molecule has 0 saturated carbocycles. The van der Waals surface area contributed by atoms with E-state index in [9.17, 15) is 4.79 Å². The van der Waals surface area contributed by atoms with Crippen LogP contribution in [0, 0.1) is 0 Å². The van der Waals surface area contributed by atoms with E-state index in [1.807, 2.05) is 52.1 Å². The van der Waals surface area contributed by atoms with E-state index in [1.165, 1.54) is 5.56 Å². The second-order valence-electron chi connectivity index (χ2n) is 8.65. The lowest BCUT2D eigenvalue weighted by Crippen LogP contribution is -2.41. The van der Waals surface area contributed by atoms with Gasteiger partial charge >= 0.3 is 0 Å². The third-order valence-corrected chi connectivity index (χ3v) is 4.88. The highest BCUT2D eigenvalue weighted by molar-refractivity contribution is 5.79. The van der Waals surface area contributed by atoms with Crippen LogP contribution in [0.1, 0.15) is 39.0 Å². The van der Waals surface area contributed by atoms with Gasteiger partial charge in [-0.15, -0.1) is 0 Å². The van der Waals surface area contributed by atoms with Crippen LogP contribution in [0.2, 0.25) is 0 Å². The largest absolute Gasteiger partial charge is 0.494 e. The Hall–Kier alpha value is -2.44. The molecule has 1 aliphatic rings. The zero-order chi connectivity index (χ0) is 21.6. The molecule has 1 N–H and O–H groups in total. The molecule has 162 valence electrons. The summed E-state index contributed by atoms with van der Waals surface area (Å²) in [6.07, 6.45) is 2.14. The minimum Gasteiger partial charge on any atom is -0.494 e. The van der Waals surface area contributed by atoms with Crippen molar-refractivity contribution in [3.63, 3.8) is 0 Å². The summed E-state index contributed by atoms with van der Waals surface area (Å²) < 4.78 is 11.2. The molecule has 0 atom stereocenters. The lowest BCUT2D eigenvalue weighted by Gasteiger charge is -2.27. The van der Waals surface area contributed by atoms with Gasteiger partial charge in [0, 0.05) is 42.6 Å². The molecule has 1 aliphatic heterocycles. The summed E-state index contributed by atoms with van der Waals surface area (Å²) >= 11 is 0. The first kappa shape index (κ1) is 22.2. The molecule has 1 amide bonds. The van der Waals surface area contributed by atoms with E-state index in [2.05, 4.69) is 27.3 Å². The molecule has 0 spiro atoms. The first-order chi connectivity index (χ1) is 14.3. The summed E-state index contributed by atoms with van der Waals surface area (Å²) in [6, 6.07) is 10.2. The Bertz CT molecular complexity index is 838. The Balaban J connectivity index is 1.78. The molecule has 1 saturated heterocycles. The number of pyridine rings is 1. The molecule has 2 heterocycles. The number of nitrogens with one attached hydrogen (secondary N) is 1. The van der Waals surface area contributed by atoms with Crippen LogP contribution >= 0.6 is 0 Å². The molecular formula is C24H33N3O3. The maximum atomic E-state index is 12.2. The lowest BCUT2D eigenvalue weighted by molar-refractivity contribution is -0.121. The van der Waals surface area contributed by atoms with Gasteiger partial charge in [-0.2, -0.15) is 0 Å². The Morgan fingerprint density at radius 3 is 2.60 bits per heavy atom. The summed E-state index contributed by atoms with van der Waals surface area (Å²) in [6.45, 7) is 12.8. The zero-order valence-corrected chi connectivity index (χ0v) is 18.5. The summed E-state index contributed by atoms with van der Waals surface area (Å²) in [5.41, 5.74) is 3.92. The van der Waals surface area contributed by atoms with E-state index in [-0.39, 0.29) is 17.9 Å². The number of ether oxygens (including phenoxy) is 2. The number of hydrogen-bond donors (Lipinski definition) is 1. The Labute approximate surface area is 179 Å². The van der Waals surface area contributed by atoms with Crippen molar-refractivity contribution in [3.05, 3.63) is 47.8 Å². The topological polar surface area (TPSA) is 63.7 Å². The van der Waals surface area contributed by atoms with E-state index in [4.69, 9.17) is 9.47 Å². The van der Waals surface area contributed by atoms with Crippen LogP contribution in [-0.4, -0.2) is 54.2 Å². The molecule has 0 aliphatic carbocycles. The number of carbonyl (C=O) groups is 1. The first-order valence-corrected chi connectivity index (χ1v) is 10.7. The van der Waals surface area contributed by atoms with Crippen LogP contribution in [0.3, 0.4) is 0 Å². The average molecular weight is 412 g/mol. The van der Waals surface area contributed by atoms with Gasteiger partial charge in [-0.3, -0.25) is 14.7 Å². The van der Waals surface area contributed by atoms with Gasteiger partial charge in [0.2, 0.25) is 5.91 Å². The van der Waals surface area contributed by atoms with E-state index in [1.54, 1.807) is 0 Å². The van der Waals surface area contributed by atoms with Crippen LogP contribution < -0.4 is 10.1 Å². The van der Waals surface area contributed by atoms with Gasteiger partial charge in [0.1, 0.15) is 5.75 Å². The molecule has 30 heavy (non-hydrogen) atoms. The number of carbonyl (C=O) groups excluding carboxylic acids is 1. The molecule has 6 heteroatoms. The van der Waals surface area contributed by atoms with E-state index in [0.717, 1.165) is 55.4 Å². The highest BCUT2D eigenvalue weighted by atomic mass is 16.5. The monoisotopic (exact) mass is 411 g/mol. The molecule has 0 unspecified atom stereocenters. The fourth-order valence-corrected chi connectivity index (χ4v) is 3.55. The van der Waals surface area contributed by atoms with Crippen molar-refractivity contribution < 1.29 is 14.3 Å². The molecule has 0 radical (unpaired) electrons. The molecule has 2 aromatic rings. The number of benzene rings is 1. The smallest absolute Gasteiger partial charge is 0.226 e. The predicted molar refractivity (Wildman–Crippen MR) is 119 cm³/mol. The Morgan fingerprint density at radius 1 is 1.20 bits per heavy atom. The first-order valence-electron chi connectivity index (χ1n) is 10.7. The van der Waals surface area contributed by atoms with Crippen LogP contribution in [0.25, 0.3) is 11.1 Å². The number of aromatic nitrogens is 1. The Kier molecular flexibility index (Phi) is 7.45. The number of amides is 1. The van der Waals surface area contributed by atoms with Crippen molar-refractivity contribution in [1.82, 2.24) is 15.2 Å². The van der Waals surface area contributed by atoms with Crippen molar-refractivity contribution in [3.8, 4) is 16.9 Å². The minimum atomic E-state index is -0.242. The number of nitrogens with zero attached hydrogens (tertiary/aromatic N) is 2. The standard InChI is InChI=1S/C24H33N3O3/c1-5-30-21-8-9-22(19(14-21)17-27-10-12-29-13-11-27)18-6-7-20(25-16-18)15-23(28)26-24(2,3)4/h6-9,14,16H,5,10-13,15,17H2,1-4H3,(H,26,28). The Morgan fingerprint density at radius 2 is 1.97 bits per heavy atom. The molecular weight excluding hydrogens is 378 g/mol. The molecule has 1 aromatic carbocycles. The SMILES string of the molecule is CCOc1ccc(-c2ccc(CC(=O)NC(C)(C)C)nc2)c(CN2CCOCC2)c1. The van der Waals surface area contributed by atoms with Crippen LogP contribution in [0.5, 0.6) is 5.75 Å². The van der Waals surface area contributed by atoms with Crippen molar-refractivity contribution in [2.45, 2.75) is 46.2 Å². The third kappa shape index (κ3) is 6.54. The second kappa shape index (κ2) is 10.0. The molecule has 6 nitrogen and oxygen atoms in total. The minimum absolute atomic E-state index is 0.0168. The summed E-state index contributed by atoms with van der Waals surface area (Å²) in [5.74, 6) is 0.866. The van der Waals surface area contributed by atoms with Gasteiger partial charge in [-0.25, -0.2) is 0 Å². The van der Waals surface area contributed by atoms with Gasteiger partial charge in [0.15, 0.2) is 0 Å². The maximum absolute atomic E-state index is 12.2. The lowest BCUT2D eigenvalue weighted by atomic mass is 9.99. The molecule has 1 aromatic heterocycles. The average Bonchev–Trinajstić information content (AvgIpc) is 2.69. The van der Waals surface area contributed by atoms with Gasteiger partial charge < -0.3 is 14.8 Å². The zero-order valence-electron chi connectivity index (χ0n) is 18.5. The normalized spacial score (nSPS) is 15.1. The van der Waals surface area contributed by atoms with Crippen LogP contribution in [-0.2, 0) is 22.5 Å². The van der Waals surface area contributed by atoms with Crippen LogP contribution in [0.15, 0.2) is 36.5 Å². The molecule has 0 bridgehead atoms. The summed E-state index contributed by atoms with van der Waals surface area (Å²) in [4.78, 5) is 19.1. The fraction of sp³-hybridized carbons (Fsp3) is 0.500. The number of morpholine rings is 1. The van der Waals surface area contributed by atoms with Gasteiger partial charge in [-0.1, -0.05) is 12.1 Å². The van der Waals surface area contributed by atoms with E-state index >= 15 is 0 Å². The summed E-state index contributed by atoms with van der Waals surface area (Å²) in [5, 5.41) is 2.98. The maximum Gasteiger partial charge on any atom is 0.226 e. The molecule has 1 fully saturated rings. The van der Waals surface area contributed by atoms with Gasteiger partial charge in [0.05, 0.1) is 26.2 Å². The van der Waals surface area contributed by atoms with Crippen molar-refractivity contribution in [2.24, 2.45) is 0 Å².